The van der Waals surface area contributed by atoms with Gasteiger partial charge in [-0.15, -0.1) is 0 Å². The highest BCUT2D eigenvalue weighted by molar-refractivity contribution is 6.01. The summed E-state index contributed by atoms with van der Waals surface area (Å²) in [6.45, 7) is 8.72. The Hall–Kier alpha value is -7.00. The topological polar surface area (TPSA) is 72.9 Å². The van der Waals surface area contributed by atoms with Crippen LogP contribution in [0.25, 0.3) is 11.1 Å². The van der Waals surface area contributed by atoms with Gasteiger partial charge in [0.2, 0.25) is 0 Å². The molecule has 0 spiro atoms. The van der Waals surface area contributed by atoms with Crippen LogP contribution in [0.4, 0.5) is 0 Å². The molecule has 7 aromatic carbocycles. The van der Waals surface area contributed by atoms with E-state index in [-0.39, 0.29) is 11.7 Å². The molecule has 1 N–H and O–H groups in total. The minimum Gasteiger partial charge on any atom is -0.504 e. The first-order chi connectivity index (χ1) is 36.0. The molecule has 0 aromatic heterocycles. The maximum atomic E-state index is 10.8. The number of likely N-dealkylation sites (tertiary alicyclic amines) is 2. The maximum Gasteiger partial charge on any atom is 0.165 e. The van der Waals surface area contributed by atoms with Gasteiger partial charge in [0, 0.05) is 30.1 Å². The zero-order valence-electron chi connectivity index (χ0n) is 42.6. The molecule has 0 radical (unpaired) electrons. The fourth-order valence-corrected chi connectivity index (χ4v) is 11.5. The van der Waals surface area contributed by atoms with Crippen LogP contribution in [0.5, 0.6) is 34.5 Å². The number of ether oxygens (including phenoxy) is 5. The first kappa shape index (κ1) is 49.6. The number of aromatic hydroxyl groups is 1. The van der Waals surface area contributed by atoms with E-state index in [1.54, 1.807) is 14.2 Å². The molecular formula is C65H70N2O6. The van der Waals surface area contributed by atoms with Gasteiger partial charge in [-0.05, 0) is 170 Å². The van der Waals surface area contributed by atoms with Crippen molar-refractivity contribution < 1.29 is 28.8 Å². The van der Waals surface area contributed by atoms with Crippen LogP contribution in [-0.4, -0.2) is 81.6 Å². The Kier molecular flexibility index (Phi) is 16.4. The van der Waals surface area contributed by atoms with E-state index in [2.05, 4.69) is 143 Å². The van der Waals surface area contributed by atoms with Crippen LogP contribution in [0.1, 0.15) is 100 Å². The minimum atomic E-state index is 0.173. The van der Waals surface area contributed by atoms with Gasteiger partial charge in [-0.1, -0.05) is 127 Å². The average molecular weight is 975 g/mol. The summed E-state index contributed by atoms with van der Waals surface area (Å²) in [5, 5.41) is 10.8. The van der Waals surface area contributed by atoms with Gasteiger partial charge in [0.25, 0.3) is 0 Å². The Bertz CT molecular complexity index is 2890. The van der Waals surface area contributed by atoms with Gasteiger partial charge < -0.3 is 28.8 Å². The fraction of sp³-hybridized carbons (Fsp3) is 0.323. The highest BCUT2D eigenvalue weighted by Crippen LogP contribution is 2.51. The highest BCUT2D eigenvalue weighted by atomic mass is 16.5. The van der Waals surface area contributed by atoms with E-state index in [0.29, 0.717) is 18.3 Å². The van der Waals surface area contributed by atoms with Crippen molar-refractivity contribution >= 4 is 11.1 Å². The quantitative estimate of drug-likeness (QED) is 0.0968. The zero-order valence-corrected chi connectivity index (χ0v) is 42.6. The highest BCUT2D eigenvalue weighted by Gasteiger charge is 2.34. The Morgan fingerprint density at radius 2 is 1.08 bits per heavy atom. The molecule has 73 heavy (non-hydrogen) atoms. The number of fused-ring (bicyclic) bond motifs is 2. The number of phenols is 1. The normalized spacial score (nSPS) is 17.5. The lowest BCUT2D eigenvalue weighted by atomic mass is 9.69. The molecule has 2 heterocycles. The van der Waals surface area contributed by atoms with E-state index in [1.165, 1.54) is 102 Å². The predicted molar refractivity (Wildman–Crippen MR) is 294 cm³/mol. The van der Waals surface area contributed by atoms with Gasteiger partial charge in [0.1, 0.15) is 31.3 Å². The maximum absolute atomic E-state index is 10.8. The first-order valence-corrected chi connectivity index (χ1v) is 26.5. The van der Waals surface area contributed by atoms with E-state index in [0.717, 1.165) is 86.1 Å². The Morgan fingerprint density at radius 1 is 0.507 bits per heavy atom. The second kappa shape index (κ2) is 24.1. The molecule has 2 fully saturated rings. The predicted octanol–water partition coefficient (Wildman–Crippen LogP) is 13.4. The Balaban J connectivity index is 0.000000171. The van der Waals surface area contributed by atoms with Crippen LogP contribution in [0, 0.1) is 0 Å². The SMILES string of the molecule is COc1ccc2c(c1O)CC[C@H](c1ccccc1)[C@@H]2c1ccc(OCCN2CCCC2)cc1.COc1ccc2c(c1OCc1ccccc1)CCC(c1ccccc1)=C2c1ccc(OCCN2CCCC2)cc1. The van der Waals surface area contributed by atoms with Crippen LogP contribution in [0.3, 0.4) is 0 Å². The van der Waals surface area contributed by atoms with Gasteiger partial charge in [-0.3, -0.25) is 9.80 Å². The third-order valence-corrected chi connectivity index (χ3v) is 15.3. The summed E-state index contributed by atoms with van der Waals surface area (Å²) in [5.41, 5.74) is 13.4. The molecule has 2 saturated heterocycles. The molecule has 0 unspecified atom stereocenters. The van der Waals surface area contributed by atoms with Crippen molar-refractivity contribution in [2.45, 2.75) is 69.8 Å². The molecule has 4 aliphatic rings. The van der Waals surface area contributed by atoms with Crippen molar-refractivity contribution in [1.29, 1.82) is 0 Å². The van der Waals surface area contributed by atoms with E-state index in [4.69, 9.17) is 23.7 Å². The molecule has 2 aliphatic carbocycles. The molecule has 376 valence electrons. The Labute approximate surface area is 432 Å². The van der Waals surface area contributed by atoms with Gasteiger partial charge >= 0.3 is 0 Å². The molecule has 2 aliphatic heterocycles. The van der Waals surface area contributed by atoms with Crippen LogP contribution in [0.2, 0.25) is 0 Å². The number of allylic oxidation sites excluding steroid dienone is 1. The van der Waals surface area contributed by atoms with Crippen molar-refractivity contribution in [3.63, 3.8) is 0 Å². The van der Waals surface area contributed by atoms with Crippen molar-refractivity contribution in [2.24, 2.45) is 0 Å². The first-order valence-electron chi connectivity index (χ1n) is 26.5. The second-order valence-electron chi connectivity index (χ2n) is 19.7. The monoisotopic (exact) mass is 975 g/mol. The van der Waals surface area contributed by atoms with Crippen LogP contribution >= 0.6 is 0 Å². The van der Waals surface area contributed by atoms with Gasteiger partial charge in [0.15, 0.2) is 23.0 Å². The summed E-state index contributed by atoms with van der Waals surface area (Å²) in [4.78, 5) is 4.95. The number of methoxy groups -OCH3 is 2. The fourth-order valence-electron chi connectivity index (χ4n) is 11.5. The molecular weight excluding hydrogens is 905 g/mol. The summed E-state index contributed by atoms with van der Waals surface area (Å²) < 4.78 is 29.8. The van der Waals surface area contributed by atoms with Crippen LogP contribution < -0.4 is 23.7 Å². The summed E-state index contributed by atoms with van der Waals surface area (Å²) in [6, 6.07) is 57.3. The van der Waals surface area contributed by atoms with E-state index in [1.807, 2.05) is 30.3 Å². The molecule has 8 nitrogen and oxygen atoms in total. The van der Waals surface area contributed by atoms with Crippen molar-refractivity contribution in [3.05, 3.63) is 214 Å². The lowest BCUT2D eigenvalue weighted by Crippen LogP contribution is -2.25. The van der Waals surface area contributed by atoms with Crippen molar-refractivity contribution in [3.8, 4) is 34.5 Å². The lowest BCUT2D eigenvalue weighted by molar-refractivity contribution is 0.237. The number of phenolic OH excluding ortho intramolecular Hbond substituents is 1. The van der Waals surface area contributed by atoms with Gasteiger partial charge in [0.05, 0.1) is 14.2 Å². The molecule has 11 rings (SSSR count). The third-order valence-electron chi connectivity index (χ3n) is 15.3. The number of hydrogen-bond donors (Lipinski definition) is 1. The largest absolute Gasteiger partial charge is 0.504 e. The number of rotatable bonds is 17. The second-order valence-corrected chi connectivity index (χ2v) is 19.7. The molecule has 0 amide bonds. The van der Waals surface area contributed by atoms with Gasteiger partial charge in [-0.2, -0.15) is 0 Å². The smallest absolute Gasteiger partial charge is 0.165 e. The number of hydrogen-bond acceptors (Lipinski definition) is 8. The average Bonchev–Trinajstić information content (AvgIpc) is 4.19. The van der Waals surface area contributed by atoms with E-state index in [9.17, 15) is 5.11 Å². The summed E-state index contributed by atoms with van der Waals surface area (Å²) in [5.74, 6) is 4.82. The number of benzene rings is 7. The minimum absolute atomic E-state index is 0.173. The molecule has 8 heteroatoms. The molecule has 0 bridgehead atoms. The van der Waals surface area contributed by atoms with Crippen molar-refractivity contribution in [2.75, 3.05) is 66.7 Å². The van der Waals surface area contributed by atoms with Gasteiger partial charge in [-0.25, -0.2) is 0 Å². The van der Waals surface area contributed by atoms with E-state index < -0.39 is 0 Å². The van der Waals surface area contributed by atoms with Crippen molar-refractivity contribution in [1.82, 2.24) is 9.80 Å². The standard InChI is InChI=1S/C36H37NO3.C29H33NO3/c1-38-34-21-20-32-33(36(34)40-26-27-10-4-2-5-11-27)19-18-31(28-12-6-3-7-13-28)35(32)29-14-16-30(17-15-29)39-25-24-37-22-8-9-23-37;1-32-27-16-15-25-26(29(27)31)14-13-24(21-7-3-2-4-8-21)28(25)22-9-11-23(12-10-22)33-20-19-30-17-5-6-18-30/h2-7,10-17,20-21H,8-9,18-19,22-26H2,1H3;2-4,7-12,15-16,24,28,31H,5-6,13-14,17-20H2,1H3/t;24-,28+/m.1/s1. The summed E-state index contributed by atoms with van der Waals surface area (Å²) in [7, 11) is 3.32. The number of nitrogens with zero attached hydrogens (tertiary/aromatic N) is 2. The molecule has 0 saturated carbocycles. The summed E-state index contributed by atoms with van der Waals surface area (Å²) >= 11 is 0. The lowest BCUT2D eigenvalue weighted by Gasteiger charge is -2.35. The summed E-state index contributed by atoms with van der Waals surface area (Å²) in [6.07, 6.45) is 8.86. The molecule has 7 aromatic rings. The van der Waals surface area contributed by atoms with E-state index >= 15 is 0 Å². The molecule has 2 atom stereocenters. The third kappa shape index (κ3) is 11.8. The zero-order chi connectivity index (χ0) is 49.8. The van der Waals surface area contributed by atoms with Crippen LogP contribution in [-0.2, 0) is 19.4 Å². The van der Waals surface area contributed by atoms with Crippen LogP contribution in [0.15, 0.2) is 164 Å². The Morgan fingerprint density at radius 3 is 1.70 bits per heavy atom.